The quantitative estimate of drug-likeness (QED) is 0.480. The normalized spacial score (nSPS) is 40.7. The van der Waals surface area contributed by atoms with E-state index in [1.54, 1.807) is 0 Å². The van der Waals surface area contributed by atoms with Gasteiger partial charge in [-0.1, -0.05) is 27.7 Å². The summed E-state index contributed by atoms with van der Waals surface area (Å²) in [6.07, 6.45) is -1.69. The number of ether oxygens (including phenoxy) is 2. The second-order valence-electron chi connectivity index (χ2n) is 9.85. The van der Waals surface area contributed by atoms with E-state index in [9.17, 15) is 19.5 Å². The minimum Gasteiger partial charge on any atom is -0.469 e. The van der Waals surface area contributed by atoms with Gasteiger partial charge in [0.15, 0.2) is 14.1 Å². The standard InChI is InChI=1S/C22H36O7Si/c1-7-30(8-2,9-3)29-17-16(25)14(10-15(24)27-6)21(4)11-13(23)12-22(5)19(21)18(17)28-20(22)26/h13-14,17-19,23H,7-12H2,1-6H3/t13-,14-,17?,18-,19+,21+,22+/m0/s1. The van der Waals surface area contributed by atoms with E-state index in [0.29, 0.717) is 12.8 Å². The van der Waals surface area contributed by atoms with Crippen molar-refractivity contribution in [1.82, 2.24) is 0 Å². The Hall–Kier alpha value is -1.25. The molecule has 0 spiro atoms. The number of Topliss-reactive ketones (excluding diaryl/α,β-unsaturated/α-hetero) is 1. The highest BCUT2D eigenvalue weighted by atomic mass is 28.4. The molecule has 1 saturated heterocycles. The molecule has 3 fully saturated rings. The predicted molar refractivity (Wildman–Crippen MR) is 112 cm³/mol. The maximum Gasteiger partial charge on any atom is 0.312 e. The number of aliphatic hydroxyl groups excluding tert-OH is 1. The van der Waals surface area contributed by atoms with E-state index in [4.69, 9.17) is 13.9 Å². The summed E-state index contributed by atoms with van der Waals surface area (Å²) in [6.45, 7) is 10.0. The monoisotopic (exact) mass is 440 g/mol. The van der Waals surface area contributed by atoms with Crippen LogP contribution in [0.15, 0.2) is 0 Å². The fourth-order valence-electron chi connectivity index (χ4n) is 6.58. The zero-order valence-corrected chi connectivity index (χ0v) is 20.0. The Balaban J connectivity index is 2.10. The number of methoxy groups -OCH3 is 1. The number of esters is 2. The molecule has 0 amide bonds. The SMILES string of the molecule is CC[Si](CC)(CC)OC1C(=O)[C@H](CC(=O)OC)[C@@]2(C)C[C@H](O)C[C@@]3(C)C(=O)O[C@@H]1[C@H]23. The Morgan fingerprint density at radius 3 is 2.30 bits per heavy atom. The van der Waals surface area contributed by atoms with E-state index in [1.807, 2.05) is 13.8 Å². The molecule has 0 aromatic heterocycles. The summed E-state index contributed by atoms with van der Waals surface area (Å²) >= 11 is 0. The summed E-state index contributed by atoms with van der Waals surface area (Å²) in [5.74, 6) is -2.02. The summed E-state index contributed by atoms with van der Waals surface area (Å²) in [4.78, 5) is 39.0. The molecule has 7 atom stereocenters. The molecule has 170 valence electrons. The molecule has 1 N–H and O–H groups in total. The Kier molecular flexibility index (Phi) is 6.26. The first-order valence-corrected chi connectivity index (χ1v) is 13.7. The summed E-state index contributed by atoms with van der Waals surface area (Å²) in [5, 5.41) is 10.6. The van der Waals surface area contributed by atoms with Crippen LogP contribution in [0.2, 0.25) is 18.1 Å². The predicted octanol–water partition coefficient (Wildman–Crippen LogP) is 2.85. The molecular weight excluding hydrogens is 404 g/mol. The van der Waals surface area contributed by atoms with Crippen LogP contribution in [-0.4, -0.2) is 56.6 Å². The van der Waals surface area contributed by atoms with Gasteiger partial charge in [-0.25, -0.2) is 0 Å². The van der Waals surface area contributed by atoms with Gasteiger partial charge in [-0.2, -0.15) is 0 Å². The van der Waals surface area contributed by atoms with Crippen molar-refractivity contribution in [2.24, 2.45) is 22.7 Å². The van der Waals surface area contributed by atoms with Crippen LogP contribution in [-0.2, 0) is 28.3 Å². The average molecular weight is 441 g/mol. The molecule has 0 radical (unpaired) electrons. The summed E-state index contributed by atoms with van der Waals surface area (Å²) < 4.78 is 17.4. The van der Waals surface area contributed by atoms with Crippen molar-refractivity contribution in [3.8, 4) is 0 Å². The molecule has 0 aromatic rings. The van der Waals surface area contributed by atoms with Gasteiger partial charge < -0.3 is 19.0 Å². The summed E-state index contributed by atoms with van der Waals surface area (Å²) in [5.41, 5.74) is -1.65. The highest BCUT2D eigenvalue weighted by Crippen LogP contribution is 2.64. The number of aliphatic hydroxyl groups is 1. The number of hydrogen-bond donors (Lipinski definition) is 1. The van der Waals surface area contributed by atoms with E-state index in [1.165, 1.54) is 7.11 Å². The number of carbonyl (C=O) groups is 3. The van der Waals surface area contributed by atoms with Crippen molar-refractivity contribution in [1.29, 1.82) is 0 Å². The third-order valence-corrected chi connectivity index (χ3v) is 13.0. The van der Waals surface area contributed by atoms with Gasteiger partial charge in [0.1, 0.15) is 12.2 Å². The van der Waals surface area contributed by atoms with E-state index in [2.05, 4.69) is 20.8 Å². The Bertz CT molecular complexity index is 712. The van der Waals surface area contributed by atoms with Crippen molar-refractivity contribution >= 4 is 26.0 Å². The van der Waals surface area contributed by atoms with Crippen LogP contribution in [0.1, 0.15) is 53.9 Å². The number of rotatable bonds is 7. The van der Waals surface area contributed by atoms with Crippen molar-refractivity contribution in [2.75, 3.05) is 7.11 Å². The molecule has 30 heavy (non-hydrogen) atoms. The van der Waals surface area contributed by atoms with E-state index in [0.717, 1.165) is 18.1 Å². The lowest BCUT2D eigenvalue weighted by Gasteiger charge is -2.57. The smallest absolute Gasteiger partial charge is 0.312 e. The minimum absolute atomic E-state index is 0.0785. The Morgan fingerprint density at radius 1 is 1.17 bits per heavy atom. The maximum atomic E-state index is 13.8. The molecule has 0 aromatic carbocycles. The van der Waals surface area contributed by atoms with Crippen molar-refractivity contribution in [3.05, 3.63) is 0 Å². The number of hydrogen-bond acceptors (Lipinski definition) is 7. The van der Waals surface area contributed by atoms with Gasteiger partial charge in [0.25, 0.3) is 0 Å². The first kappa shape index (κ1) is 23.4. The zero-order chi connectivity index (χ0) is 22.5. The van der Waals surface area contributed by atoms with Crippen LogP contribution in [0.25, 0.3) is 0 Å². The zero-order valence-electron chi connectivity index (χ0n) is 19.0. The molecule has 1 heterocycles. The maximum absolute atomic E-state index is 13.8. The average Bonchev–Trinajstić information content (AvgIpc) is 2.97. The van der Waals surface area contributed by atoms with Gasteiger partial charge in [-0.05, 0) is 43.3 Å². The molecule has 3 rings (SSSR count). The molecule has 3 aliphatic rings. The highest BCUT2D eigenvalue weighted by molar-refractivity contribution is 6.73. The van der Waals surface area contributed by atoms with Gasteiger partial charge in [0.05, 0.1) is 25.0 Å². The molecule has 0 bridgehead atoms. The molecular formula is C22H36O7Si. The lowest BCUT2D eigenvalue weighted by Crippen LogP contribution is -2.65. The highest BCUT2D eigenvalue weighted by Gasteiger charge is 2.72. The van der Waals surface area contributed by atoms with Gasteiger partial charge in [-0.15, -0.1) is 0 Å². The molecule has 7 nitrogen and oxygen atoms in total. The van der Waals surface area contributed by atoms with E-state index < -0.39 is 49.3 Å². The fraction of sp³-hybridized carbons (Fsp3) is 0.864. The van der Waals surface area contributed by atoms with E-state index >= 15 is 0 Å². The fourth-order valence-corrected chi connectivity index (χ4v) is 9.37. The van der Waals surface area contributed by atoms with Crippen molar-refractivity contribution < 1.29 is 33.4 Å². The van der Waals surface area contributed by atoms with Crippen LogP contribution in [0.4, 0.5) is 0 Å². The van der Waals surface area contributed by atoms with Crippen LogP contribution in [0.3, 0.4) is 0 Å². The Morgan fingerprint density at radius 2 is 1.77 bits per heavy atom. The van der Waals surface area contributed by atoms with Crippen LogP contribution < -0.4 is 0 Å². The lowest BCUT2D eigenvalue weighted by molar-refractivity contribution is -0.177. The number of carbonyl (C=O) groups excluding carboxylic acids is 3. The number of ketones is 1. The lowest BCUT2D eigenvalue weighted by atomic mass is 9.46. The molecule has 2 aliphatic carbocycles. The molecule has 8 heteroatoms. The van der Waals surface area contributed by atoms with Gasteiger partial charge in [0, 0.05) is 11.8 Å². The van der Waals surface area contributed by atoms with Gasteiger partial charge >= 0.3 is 11.9 Å². The van der Waals surface area contributed by atoms with Crippen LogP contribution >= 0.6 is 0 Å². The third kappa shape index (κ3) is 3.35. The second kappa shape index (κ2) is 8.02. The summed E-state index contributed by atoms with van der Waals surface area (Å²) in [6, 6.07) is 2.60. The Labute approximate surface area is 180 Å². The van der Waals surface area contributed by atoms with Gasteiger partial charge in [-0.3, -0.25) is 14.4 Å². The third-order valence-electron chi connectivity index (χ3n) is 8.40. The molecule has 1 aliphatic heterocycles. The topological polar surface area (TPSA) is 99.1 Å². The minimum atomic E-state index is -2.18. The summed E-state index contributed by atoms with van der Waals surface area (Å²) in [7, 11) is -0.877. The van der Waals surface area contributed by atoms with Crippen molar-refractivity contribution in [2.45, 2.75) is 90.3 Å². The molecule has 1 unspecified atom stereocenters. The second-order valence-corrected chi connectivity index (χ2v) is 14.6. The first-order valence-electron chi connectivity index (χ1n) is 11.2. The van der Waals surface area contributed by atoms with Gasteiger partial charge in [0.2, 0.25) is 0 Å². The first-order chi connectivity index (χ1) is 14.0. The largest absolute Gasteiger partial charge is 0.469 e. The van der Waals surface area contributed by atoms with Crippen molar-refractivity contribution in [3.63, 3.8) is 0 Å². The van der Waals surface area contributed by atoms with E-state index in [-0.39, 0.29) is 24.1 Å². The molecule has 2 saturated carbocycles. The van der Waals surface area contributed by atoms with Crippen LogP contribution in [0, 0.1) is 22.7 Å². The van der Waals surface area contributed by atoms with Crippen LogP contribution in [0.5, 0.6) is 0 Å².